The van der Waals surface area contributed by atoms with Crippen LogP contribution in [-0.2, 0) is 11.8 Å². The summed E-state index contributed by atoms with van der Waals surface area (Å²) in [4.78, 5) is 26.2. The highest BCUT2D eigenvalue weighted by atomic mass is 16.6. The lowest BCUT2D eigenvalue weighted by Crippen LogP contribution is -2.37. The van der Waals surface area contributed by atoms with Gasteiger partial charge in [0.25, 0.3) is 5.69 Å². The molecule has 0 saturated carbocycles. The lowest BCUT2D eigenvalue weighted by molar-refractivity contribution is -0.384. The smallest absolute Gasteiger partial charge is 0.270 e. The van der Waals surface area contributed by atoms with Gasteiger partial charge in [0.15, 0.2) is 5.65 Å². The van der Waals surface area contributed by atoms with Crippen molar-refractivity contribution in [1.29, 1.82) is 0 Å². The maximum Gasteiger partial charge on any atom is 0.270 e. The zero-order valence-corrected chi connectivity index (χ0v) is 13.6. The molecule has 0 N–H and O–H groups in total. The van der Waals surface area contributed by atoms with Crippen molar-refractivity contribution in [3.8, 4) is 11.4 Å². The minimum Gasteiger partial charge on any atom is -0.378 e. The summed E-state index contributed by atoms with van der Waals surface area (Å²) in [5.41, 5.74) is 2.05. The molecule has 0 amide bonds. The molecule has 0 spiro atoms. The van der Waals surface area contributed by atoms with Crippen molar-refractivity contribution >= 4 is 22.8 Å². The third kappa shape index (κ3) is 2.78. The number of nitrogens with zero attached hydrogens (tertiary/aromatic N) is 6. The second-order valence-corrected chi connectivity index (χ2v) is 5.78. The monoisotopic (exact) mass is 340 g/mol. The third-order valence-corrected chi connectivity index (χ3v) is 4.21. The maximum absolute atomic E-state index is 11.0. The van der Waals surface area contributed by atoms with Crippen LogP contribution in [0.4, 0.5) is 11.6 Å². The summed E-state index contributed by atoms with van der Waals surface area (Å²) in [6.45, 7) is 2.82. The summed E-state index contributed by atoms with van der Waals surface area (Å²) in [6.07, 6.45) is 1.69. The molecule has 3 heterocycles. The lowest BCUT2D eigenvalue weighted by Gasteiger charge is -2.26. The fourth-order valence-electron chi connectivity index (χ4n) is 2.91. The first-order valence-electron chi connectivity index (χ1n) is 7.90. The standard InChI is InChI=1S/C16H16N6O3/c1-20-14(11-3-2-4-12(9-11)22(23)24)18-13-10-17-16(19-15(13)20)21-5-7-25-8-6-21/h2-4,9-10H,5-8H2,1H3. The van der Waals surface area contributed by atoms with Gasteiger partial charge in [-0.2, -0.15) is 4.98 Å². The van der Waals surface area contributed by atoms with Gasteiger partial charge in [0, 0.05) is 37.8 Å². The number of aryl methyl sites for hydroxylation is 1. The molecule has 128 valence electrons. The molecule has 0 unspecified atom stereocenters. The summed E-state index contributed by atoms with van der Waals surface area (Å²) in [5, 5.41) is 11.0. The fourth-order valence-corrected chi connectivity index (χ4v) is 2.91. The van der Waals surface area contributed by atoms with Crippen LogP contribution in [0.5, 0.6) is 0 Å². The molecule has 9 heteroatoms. The Labute approximate surface area is 143 Å². The Morgan fingerprint density at radius 2 is 2.04 bits per heavy atom. The Bertz CT molecular complexity index is 948. The van der Waals surface area contributed by atoms with Crippen molar-refractivity contribution in [2.45, 2.75) is 0 Å². The Morgan fingerprint density at radius 3 is 2.80 bits per heavy atom. The molecule has 0 atom stereocenters. The molecule has 1 fully saturated rings. The second kappa shape index (κ2) is 6.10. The van der Waals surface area contributed by atoms with Crippen LogP contribution in [0.25, 0.3) is 22.6 Å². The van der Waals surface area contributed by atoms with E-state index < -0.39 is 4.92 Å². The van der Waals surface area contributed by atoms with Gasteiger partial charge in [-0.3, -0.25) is 10.1 Å². The van der Waals surface area contributed by atoms with Gasteiger partial charge >= 0.3 is 0 Å². The highest BCUT2D eigenvalue weighted by molar-refractivity contribution is 5.77. The molecule has 1 aliphatic heterocycles. The van der Waals surface area contributed by atoms with E-state index in [2.05, 4.69) is 19.9 Å². The molecule has 25 heavy (non-hydrogen) atoms. The molecular formula is C16H16N6O3. The number of aromatic nitrogens is 4. The largest absolute Gasteiger partial charge is 0.378 e. The van der Waals surface area contributed by atoms with E-state index in [4.69, 9.17) is 4.74 Å². The van der Waals surface area contributed by atoms with E-state index in [0.717, 1.165) is 13.1 Å². The molecule has 2 aromatic heterocycles. The summed E-state index contributed by atoms with van der Waals surface area (Å²) in [7, 11) is 1.85. The SMILES string of the molecule is Cn1c(-c2cccc([N+](=O)[O-])c2)nc2cnc(N3CCOCC3)nc21. The van der Waals surface area contributed by atoms with Crippen LogP contribution in [0.15, 0.2) is 30.5 Å². The highest BCUT2D eigenvalue weighted by Gasteiger charge is 2.18. The van der Waals surface area contributed by atoms with E-state index in [1.807, 2.05) is 11.6 Å². The number of nitro groups is 1. The van der Waals surface area contributed by atoms with Crippen molar-refractivity contribution in [2.24, 2.45) is 7.05 Å². The Kier molecular flexibility index (Phi) is 3.77. The van der Waals surface area contributed by atoms with Crippen molar-refractivity contribution in [2.75, 3.05) is 31.2 Å². The molecule has 9 nitrogen and oxygen atoms in total. The van der Waals surface area contributed by atoms with Crippen LogP contribution >= 0.6 is 0 Å². The third-order valence-electron chi connectivity index (χ3n) is 4.21. The molecule has 0 bridgehead atoms. The van der Waals surface area contributed by atoms with E-state index in [1.165, 1.54) is 12.1 Å². The molecular weight excluding hydrogens is 324 g/mol. The van der Waals surface area contributed by atoms with Gasteiger partial charge in [-0.05, 0) is 0 Å². The summed E-state index contributed by atoms with van der Waals surface area (Å²) < 4.78 is 7.19. The first-order valence-corrected chi connectivity index (χ1v) is 7.90. The average Bonchev–Trinajstić information content (AvgIpc) is 2.99. The first-order chi connectivity index (χ1) is 12.1. The van der Waals surface area contributed by atoms with Crippen LogP contribution in [0.3, 0.4) is 0 Å². The molecule has 0 radical (unpaired) electrons. The molecule has 1 aliphatic rings. The minimum atomic E-state index is -0.414. The van der Waals surface area contributed by atoms with Gasteiger partial charge in [0.1, 0.15) is 11.3 Å². The number of anilines is 1. The van der Waals surface area contributed by atoms with E-state index in [0.29, 0.717) is 41.7 Å². The van der Waals surface area contributed by atoms with Crippen LogP contribution < -0.4 is 4.90 Å². The molecule has 1 saturated heterocycles. The van der Waals surface area contributed by atoms with E-state index in [1.54, 1.807) is 18.3 Å². The Morgan fingerprint density at radius 1 is 1.24 bits per heavy atom. The van der Waals surface area contributed by atoms with Crippen molar-refractivity contribution < 1.29 is 9.66 Å². The van der Waals surface area contributed by atoms with E-state index in [-0.39, 0.29) is 5.69 Å². The number of ether oxygens (including phenoxy) is 1. The normalized spacial score (nSPS) is 14.8. The number of hydrogen-bond donors (Lipinski definition) is 0. The van der Waals surface area contributed by atoms with Gasteiger partial charge in [0.2, 0.25) is 5.95 Å². The topological polar surface area (TPSA) is 99.2 Å². The Balaban J connectivity index is 1.77. The predicted molar refractivity (Wildman–Crippen MR) is 91.4 cm³/mol. The zero-order valence-electron chi connectivity index (χ0n) is 13.6. The minimum absolute atomic E-state index is 0.0321. The number of nitro benzene ring substituents is 1. The first kappa shape index (κ1) is 15.5. The Hall–Kier alpha value is -3.07. The van der Waals surface area contributed by atoms with Crippen molar-refractivity contribution in [3.63, 3.8) is 0 Å². The number of hydrogen-bond acceptors (Lipinski definition) is 7. The molecule has 1 aromatic carbocycles. The van der Waals surface area contributed by atoms with Crippen LogP contribution in [0.1, 0.15) is 0 Å². The van der Waals surface area contributed by atoms with Gasteiger partial charge in [-0.25, -0.2) is 9.97 Å². The number of fused-ring (bicyclic) bond motifs is 1. The summed E-state index contributed by atoms with van der Waals surface area (Å²) >= 11 is 0. The number of benzene rings is 1. The maximum atomic E-state index is 11.0. The highest BCUT2D eigenvalue weighted by Crippen LogP contribution is 2.26. The van der Waals surface area contributed by atoms with E-state index >= 15 is 0 Å². The second-order valence-electron chi connectivity index (χ2n) is 5.78. The van der Waals surface area contributed by atoms with Crippen LogP contribution in [-0.4, -0.2) is 50.7 Å². The fraction of sp³-hybridized carbons (Fsp3) is 0.312. The number of rotatable bonds is 3. The number of imidazole rings is 1. The van der Waals surface area contributed by atoms with Gasteiger partial charge in [0.05, 0.1) is 24.3 Å². The summed E-state index contributed by atoms with van der Waals surface area (Å²) in [6, 6.07) is 6.42. The molecule has 4 rings (SSSR count). The molecule has 3 aromatic rings. The van der Waals surface area contributed by atoms with Crippen LogP contribution in [0, 0.1) is 10.1 Å². The van der Waals surface area contributed by atoms with E-state index in [9.17, 15) is 10.1 Å². The van der Waals surface area contributed by atoms with Crippen molar-refractivity contribution in [3.05, 3.63) is 40.6 Å². The average molecular weight is 340 g/mol. The number of morpholine rings is 1. The van der Waals surface area contributed by atoms with Gasteiger partial charge in [-0.15, -0.1) is 0 Å². The number of non-ortho nitro benzene ring substituents is 1. The van der Waals surface area contributed by atoms with Gasteiger partial charge in [-0.1, -0.05) is 12.1 Å². The zero-order chi connectivity index (χ0) is 17.4. The van der Waals surface area contributed by atoms with Gasteiger partial charge < -0.3 is 14.2 Å². The predicted octanol–water partition coefficient (Wildman–Crippen LogP) is 1.78. The summed E-state index contributed by atoms with van der Waals surface area (Å²) in [5.74, 6) is 1.26. The lowest BCUT2D eigenvalue weighted by atomic mass is 10.2. The van der Waals surface area contributed by atoms with Crippen molar-refractivity contribution in [1.82, 2.24) is 19.5 Å². The molecule has 0 aliphatic carbocycles. The quantitative estimate of drug-likeness (QED) is 0.529. The van der Waals surface area contributed by atoms with Crippen LogP contribution in [0.2, 0.25) is 0 Å².